The first kappa shape index (κ1) is 30.9. The van der Waals surface area contributed by atoms with Crippen LogP contribution in [0, 0.1) is 5.82 Å². The lowest BCUT2D eigenvalue weighted by atomic mass is 9.98. The maximum absolute atomic E-state index is 15.6. The van der Waals surface area contributed by atoms with E-state index >= 15 is 4.39 Å². The highest BCUT2D eigenvalue weighted by Gasteiger charge is 2.34. The zero-order valence-electron chi connectivity index (χ0n) is 27.1. The normalized spacial score (nSPS) is 18.8. The molecule has 4 aromatic rings. The molecule has 12 heteroatoms. The lowest BCUT2D eigenvalue weighted by Crippen LogP contribution is -2.59. The maximum atomic E-state index is 15.6. The fourth-order valence-corrected chi connectivity index (χ4v) is 7.68. The summed E-state index contributed by atoms with van der Waals surface area (Å²) in [6, 6.07) is 14.7. The molecule has 1 aliphatic carbocycles. The summed E-state index contributed by atoms with van der Waals surface area (Å²) >= 11 is 0. The van der Waals surface area contributed by atoms with Gasteiger partial charge in [-0.15, -0.1) is 0 Å². The van der Waals surface area contributed by atoms with Crippen LogP contribution in [0.2, 0.25) is 0 Å². The number of para-hydroxylation sites is 1. The quantitative estimate of drug-likeness (QED) is 0.324. The molecule has 48 heavy (non-hydrogen) atoms. The summed E-state index contributed by atoms with van der Waals surface area (Å²) < 4.78 is 24.5. The molecule has 4 aliphatic rings. The number of hydrazine groups is 1. The minimum Gasteiger partial charge on any atom is -0.392 e. The first-order valence-electron chi connectivity index (χ1n) is 16.9. The molecule has 1 N–H and O–H groups in total. The Balaban J connectivity index is 1.19. The molecule has 11 nitrogen and oxygen atoms in total. The SMILES string of the molecule is Cn1cc(-c2cc(F)cc(N3CCn4c(cc5c4CCCC5)C3=O)c2CO)nc(N(c2ccccc2)N2CCN(C3COC3)CC2)c1=O. The topological polar surface area (TPSA) is 99.3 Å². The largest absolute Gasteiger partial charge is 0.392 e. The number of aryl methyl sites for hydroxylation is 2. The molecule has 8 rings (SSSR count). The predicted octanol–water partition coefficient (Wildman–Crippen LogP) is 3.49. The lowest BCUT2D eigenvalue weighted by Gasteiger charge is -2.45. The number of carbonyl (C=O) groups excluding carboxylic acids is 1. The average molecular weight is 654 g/mol. The predicted molar refractivity (Wildman–Crippen MR) is 180 cm³/mol. The van der Waals surface area contributed by atoms with Gasteiger partial charge in [0.15, 0.2) is 0 Å². The zero-order chi connectivity index (χ0) is 32.9. The van der Waals surface area contributed by atoms with Crippen LogP contribution in [0.15, 0.2) is 59.5 Å². The van der Waals surface area contributed by atoms with Crippen molar-refractivity contribution in [2.24, 2.45) is 7.05 Å². The molecule has 0 unspecified atom stereocenters. The molecule has 0 radical (unpaired) electrons. The Morgan fingerprint density at radius 2 is 1.75 bits per heavy atom. The van der Waals surface area contributed by atoms with Crippen molar-refractivity contribution in [1.29, 1.82) is 0 Å². The van der Waals surface area contributed by atoms with E-state index in [9.17, 15) is 14.7 Å². The third kappa shape index (κ3) is 5.33. The summed E-state index contributed by atoms with van der Waals surface area (Å²) in [6.07, 6.45) is 5.71. The van der Waals surface area contributed by atoms with Crippen molar-refractivity contribution >= 4 is 23.1 Å². The molecule has 2 saturated heterocycles. The number of aliphatic hydroxyl groups is 1. The monoisotopic (exact) mass is 653 g/mol. The van der Waals surface area contributed by atoms with E-state index in [-0.39, 0.29) is 17.3 Å². The fraction of sp³-hybridized carbons (Fsp3) is 0.417. The molecule has 250 valence electrons. The van der Waals surface area contributed by atoms with Crippen molar-refractivity contribution in [1.82, 2.24) is 24.0 Å². The maximum Gasteiger partial charge on any atom is 0.295 e. The zero-order valence-corrected chi connectivity index (χ0v) is 27.1. The van der Waals surface area contributed by atoms with Crippen LogP contribution < -0.4 is 15.5 Å². The van der Waals surface area contributed by atoms with E-state index in [0.717, 1.165) is 57.7 Å². The van der Waals surface area contributed by atoms with Gasteiger partial charge in [0.2, 0.25) is 5.82 Å². The molecule has 1 amide bonds. The van der Waals surface area contributed by atoms with Crippen molar-refractivity contribution in [3.8, 4) is 11.3 Å². The van der Waals surface area contributed by atoms with Gasteiger partial charge in [-0.1, -0.05) is 18.2 Å². The molecule has 0 bridgehead atoms. The van der Waals surface area contributed by atoms with Crippen LogP contribution in [0.3, 0.4) is 0 Å². The van der Waals surface area contributed by atoms with Crippen LogP contribution in [0.1, 0.15) is 40.2 Å². The standard InChI is InChI=1S/C36H40FN7O4/c1-39-20-30(38-34(36(39)47)44(26-8-3-2-4-9-26)41-13-11-40(12-14-41)27-22-48-23-27)28-18-25(37)19-32(29(28)21-45)43-16-15-42-31-10-6-5-7-24(31)17-33(42)35(43)46/h2-4,8-9,17-20,27,45H,5-7,10-16,21-23H2,1H3. The van der Waals surface area contributed by atoms with Gasteiger partial charge in [-0.3, -0.25) is 19.5 Å². The third-order valence-electron chi connectivity index (χ3n) is 10.3. The van der Waals surface area contributed by atoms with Gasteiger partial charge in [-0.2, -0.15) is 0 Å². The molecule has 2 aromatic heterocycles. The number of halogens is 1. The number of aliphatic hydroxyl groups excluding tert-OH is 1. The Morgan fingerprint density at radius 3 is 2.48 bits per heavy atom. The summed E-state index contributed by atoms with van der Waals surface area (Å²) in [5.74, 6) is -0.592. The molecule has 0 spiro atoms. The summed E-state index contributed by atoms with van der Waals surface area (Å²) in [4.78, 5) is 36.7. The average Bonchev–Trinajstić information content (AvgIpc) is 3.47. The third-order valence-corrected chi connectivity index (χ3v) is 10.3. The number of piperazine rings is 1. The van der Waals surface area contributed by atoms with Gasteiger partial charge >= 0.3 is 0 Å². The number of rotatable bonds is 7. The van der Waals surface area contributed by atoms with E-state index in [0.29, 0.717) is 60.4 Å². The van der Waals surface area contributed by atoms with Gasteiger partial charge in [0.05, 0.1) is 42.9 Å². The second kappa shape index (κ2) is 12.6. The van der Waals surface area contributed by atoms with E-state index < -0.39 is 12.4 Å². The Kier molecular flexibility index (Phi) is 8.11. The minimum absolute atomic E-state index is 0.175. The van der Waals surface area contributed by atoms with Crippen molar-refractivity contribution in [3.05, 3.63) is 93.4 Å². The molecule has 0 saturated carbocycles. The number of hydrogen-bond acceptors (Lipinski definition) is 8. The summed E-state index contributed by atoms with van der Waals surface area (Å²) in [7, 11) is 1.65. The van der Waals surface area contributed by atoms with E-state index in [1.165, 1.54) is 28.0 Å². The van der Waals surface area contributed by atoms with Crippen LogP contribution in [-0.4, -0.2) is 87.0 Å². The highest BCUT2D eigenvalue weighted by atomic mass is 19.1. The second-order valence-corrected chi connectivity index (χ2v) is 13.1. The van der Waals surface area contributed by atoms with E-state index in [4.69, 9.17) is 9.72 Å². The Morgan fingerprint density at radius 1 is 0.979 bits per heavy atom. The second-order valence-electron chi connectivity index (χ2n) is 13.1. The number of aromatic nitrogens is 3. The molecule has 0 atom stereocenters. The molecular weight excluding hydrogens is 613 g/mol. The number of benzene rings is 2. The van der Waals surface area contributed by atoms with Crippen molar-refractivity contribution in [2.75, 3.05) is 55.8 Å². The highest BCUT2D eigenvalue weighted by molar-refractivity contribution is 6.07. The van der Waals surface area contributed by atoms with Crippen molar-refractivity contribution in [3.63, 3.8) is 0 Å². The molecule has 2 aromatic carbocycles. The number of anilines is 3. The van der Waals surface area contributed by atoms with Gasteiger partial charge in [0.25, 0.3) is 11.5 Å². The Labute approximate surface area is 278 Å². The number of amides is 1. The van der Waals surface area contributed by atoms with Crippen molar-refractivity contribution in [2.45, 2.75) is 44.9 Å². The summed E-state index contributed by atoms with van der Waals surface area (Å²) in [5, 5.41) is 14.8. The Hall–Kier alpha value is -4.36. The van der Waals surface area contributed by atoms with Crippen LogP contribution in [0.4, 0.5) is 21.6 Å². The summed E-state index contributed by atoms with van der Waals surface area (Å²) in [6.45, 7) is 4.98. The van der Waals surface area contributed by atoms with Gasteiger partial charge in [0.1, 0.15) is 11.5 Å². The highest BCUT2D eigenvalue weighted by Crippen LogP contribution is 2.37. The van der Waals surface area contributed by atoms with Gasteiger partial charge in [-0.05, 0) is 61.6 Å². The van der Waals surface area contributed by atoms with Gasteiger partial charge in [-0.25, -0.2) is 14.4 Å². The minimum atomic E-state index is -0.557. The van der Waals surface area contributed by atoms with E-state index in [1.807, 2.05) is 41.4 Å². The first-order valence-corrected chi connectivity index (χ1v) is 16.9. The number of nitrogens with zero attached hydrogens (tertiary/aromatic N) is 7. The van der Waals surface area contributed by atoms with E-state index in [2.05, 4.69) is 14.5 Å². The molecule has 3 aliphatic heterocycles. The van der Waals surface area contributed by atoms with Crippen LogP contribution in [0.25, 0.3) is 11.3 Å². The van der Waals surface area contributed by atoms with Crippen LogP contribution in [-0.2, 0) is 37.8 Å². The molecule has 5 heterocycles. The van der Waals surface area contributed by atoms with E-state index in [1.54, 1.807) is 18.1 Å². The summed E-state index contributed by atoms with van der Waals surface area (Å²) in [5.41, 5.74) is 4.89. The van der Waals surface area contributed by atoms with Crippen molar-refractivity contribution < 1.29 is 19.0 Å². The smallest absolute Gasteiger partial charge is 0.295 e. The number of hydrogen-bond donors (Lipinski definition) is 1. The lowest BCUT2D eigenvalue weighted by molar-refractivity contribution is -0.0769. The van der Waals surface area contributed by atoms with Crippen LogP contribution in [0.5, 0.6) is 0 Å². The molecule has 2 fully saturated rings. The van der Waals surface area contributed by atoms with Crippen LogP contribution >= 0.6 is 0 Å². The number of carbonyl (C=O) groups is 1. The number of ether oxygens (including phenoxy) is 1. The fourth-order valence-electron chi connectivity index (χ4n) is 7.68. The number of fused-ring (bicyclic) bond motifs is 3. The molecular formula is C36H40FN7O4. The van der Waals surface area contributed by atoms with Gasteiger partial charge in [0, 0.05) is 69.3 Å². The Bertz CT molecular complexity index is 1910. The van der Waals surface area contributed by atoms with Gasteiger partial charge < -0.3 is 23.9 Å². The first-order chi connectivity index (χ1) is 23.4.